The van der Waals surface area contributed by atoms with Gasteiger partial charge in [0.15, 0.2) is 11.5 Å². The maximum Gasteiger partial charge on any atom is 0.227 e. The van der Waals surface area contributed by atoms with Gasteiger partial charge in [0.2, 0.25) is 5.91 Å². The first kappa shape index (κ1) is 17.1. The fourth-order valence-corrected chi connectivity index (χ4v) is 4.40. The van der Waals surface area contributed by atoms with Gasteiger partial charge in [-0.15, -0.1) is 0 Å². The zero-order chi connectivity index (χ0) is 18.9. The van der Waals surface area contributed by atoms with Crippen LogP contribution in [0.2, 0.25) is 0 Å². The molecule has 5 rings (SSSR count). The van der Waals surface area contributed by atoms with E-state index in [0.717, 1.165) is 36.4 Å². The van der Waals surface area contributed by atoms with Gasteiger partial charge >= 0.3 is 0 Å². The second-order valence-electron chi connectivity index (χ2n) is 7.47. The maximum atomic E-state index is 13.2. The van der Waals surface area contributed by atoms with E-state index < -0.39 is 0 Å². The van der Waals surface area contributed by atoms with Crippen LogP contribution in [0.5, 0.6) is 11.5 Å². The van der Waals surface area contributed by atoms with Crippen molar-refractivity contribution in [3.05, 3.63) is 71.8 Å². The summed E-state index contributed by atoms with van der Waals surface area (Å²) in [6.07, 6.45) is 2.44. The summed E-state index contributed by atoms with van der Waals surface area (Å²) in [6, 6.07) is 20.8. The number of likely N-dealkylation sites (tertiary alicyclic amines) is 1. The number of rotatable bonds is 3. The highest BCUT2D eigenvalue weighted by Crippen LogP contribution is 2.37. The Bertz CT molecular complexity index is 1020. The first-order chi connectivity index (χ1) is 13.8. The van der Waals surface area contributed by atoms with E-state index in [9.17, 15) is 4.79 Å². The van der Waals surface area contributed by atoms with Crippen LogP contribution in [0, 0.1) is 0 Å². The molecule has 0 aromatic heterocycles. The third-order valence-electron chi connectivity index (χ3n) is 5.72. The molecular weight excluding hydrogens is 350 g/mol. The Labute approximate surface area is 164 Å². The van der Waals surface area contributed by atoms with E-state index in [1.807, 2.05) is 18.2 Å². The minimum absolute atomic E-state index is 0.149. The molecule has 0 N–H and O–H groups in total. The molecule has 0 bridgehead atoms. The molecule has 3 aromatic carbocycles. The van der Waals surface area contributed by atoms with E-state index in [2.05, 4.69) is 47.4 Å². The molecule has 0 radical (unpaired) electrons. The Balaban J connectivity index is 1.40. The van der Waals surface area contributed by atoms with Crippen LogP contribution >= 0.6 is 0 Å². The van der Waals surface area contributed by atoms with Gasteiger partial charge in [0.05, 0.1) is 12.5 Å². The molecule has 2 aliphatic rings. The predicted molar refractivity (Wildman–Crippen MR) is 109 cm³/mol. The number of carbonyl (C=O) groups is 1. The molecule has 2 heterocycles. The van der Waals surface area contributed by atoms with Gasteiger partial charge in [0.25, 0.3) is 0 Å². The smallest absolute Gasteiger partial charge is 0.227 e. The van der Waals surface area contributed by atoms with Crippen molar-refractivity contribution in [2.24, 2.45) is 0 Å². The van der Waals surface area contributed by atoms with Crippen molar-refractivity contribution in [3.63, 3.8) is 0 Å². The van der Waals surface area contributed by atoms with Crippen LogP contribution in [0.1, 0.15) is 30.0 Å². The second-order valence-corrected chi connectivity index (χ2v) is 7.47. The molecular formula is C24H23NO3. The van der Waals surface area contributed by atoms with Crippen molar-refractivity contribution < 1.29 is 14.3 Å². The van der Waals surface area contributed by atoms with Crippen molar-refractivity contribution in [2.75, 3.05) is 19.8 Å². The Morgan fingerprint density at radius 1 is 0.964 bits per heavy atom. The number of ether oxygens (including phenoxy) is 2. The molecule has 0 spiro atoms. The minimum atomic E-state index is 0.149. The van der Waals surface area contributed by atoms with E-state index in [1.165, 1.54) is 16.3 Å². The summed E-state index contributed by atoms with van der Waals surface area (Å²) in [5.41, 5.74) is 2.23. The van der Waals surface area contributed by atoms with Crippen molar-refractivity contribution in [2.45, 2.75) is 25.3 Å². The molecule has 142 valence electrons. The fourth-order valence-electron chi connectivity index (χ4n) is 4.40. The van der Waals surface area contributed by atoms with Crippen LogP contribution in [0.25, 0.3) is 10.8 Å². The number of benzene rings is 3. The summed E-state index contributed by atoms with van der Waals surface area (Å²) in [6.45, 7) is 1.95. The van der Waals surface area contributed by atoms with Crippen LogP contribution < -0.4 is 9.47 Å². The first-order valence-electron chi connectivity index (χ1n) is 9.95. The minimum Gasteiger partial charge on any atom is -0.486 e. The average Bonchev–Trinajstić information content (AvgIpc) is 3.23. The third-order valence-corrected chi connectivity index (χ3v) is 5.72. The van der Waals surface area contributed by atoms with Crippen molar-refractivity contribution in [1.82, 2.24) is 4.90 Å². The summed E-state index contributed by atoms with van der Waals surface area (Å²) in [7, 11) is 0. The van der Waals surface area contributed by atoms with E-state index in [-0.39, 0.29) is 11.9 Å². The van der Waals surface area contributed by atoms with Crippen molar-refractivity contribution in [1.29, 1.82) is 0 Å². The maximum absolute atomic E-state index is 13.2. The zero-order valence-corrected chi connectivity index (χ0v) is 15.8. The Kier molecular flexibility index (Phi) is 4.40. The number of fused-ring (bicyclic) bond motifs is 2. The highest BCUT2D eigenvalue weighted by atomic mass is 16.6. The van der Waals surface area contributed by atoms with Crippen LogP contribution in [0.15, 0.2) is 60.7 Å². The van der Waals surface area contributed by atoms with E-state index in [4.69, 9.17) is 9.47 Å². The van der Waals surface area contributed by atoms with Gasteiger partial charge in [-0.3, -0.25) is 4.79 Å². The molecule has 1 atom stereocenters. The Morgan fingerprint density at radius 3 is 2.71 bits per heavy atom. The topological polar surface area (TPSA) is 38.8 Å². The molecule has 1 unspecified atom stereocenters. The van der Waals surface area contributed by atoms with E-state index in [1.54, 1.807) is 0 Å². The quantitative estimate of drug-likeness (QED) is 0.678. The highest BCUT2D eigenvalue weighted by molar-refractivity contribution is 5.87. The lowest BCUT2D eigenvalue weighted by atomic mass is 9.97. The average molecular weight is 373 g/mol. The molecule has 3 aromatic rings. The number of hydrogen-bond donors (Lipinski definition) is 0. The van der Waals surface area contributed by atoms with Gasteiger partial charge in [-0.05, 0) is 46.9 Å². The fraction of sp³-hybridized carbons (Fsp3) is 0.292. The molecule has 1 fully saturated rings. The van der Waals surface area contributed by atoms with Crippen LogP contribution in [0.3, 0.4) is 0 Å². The molecule has 2 aliphatic heterocycles. The highest BCUT2D eigenvalue weighted by Gasteiger charge is 2.31. The SMILES string of the molecule is O=C(Cc1ccc2c(c1)OCCO2)N1CCCC1c1cccc2ccccc12. The summed E-state index contributed by atoms with van der Waals surface area (Å²) in [5.74, 6) is 1.67. The number of amides is 1. The molecule has 28 heavy (non-hydrogen) atoms. The summed E-state index contributed by atoms with van der Waals surface area (Å²) < 4.78 is 11.2. The van der Waals surface area contributed by atoms with Crippen LogP contribution in [-0.2, 0) is 11.2 Å². The molecule has 4 nitrogen and oxygen atoms in total. The molecule has 1 saturated heterocycles. The standard InChI is InChI=1S/C24H23NO3/c26-24(16-17-10-11-22-23(15-17)28-14-13-27-22)25-12-4-9-21(25)20-8-3-6-18-5-1-2-7-19(18)20/h1-3,5-8,10-11,15,21H,4,9,12-14,16H2. The summed E-state index contributed by atoms with van der Waals surface area (Å²) in [4.78, 5) is 15.2. The Hall–Kier alpha value is -3.01. The summed E-state index contributed by atoms with van der Waals surface area (Å²) >= 11 is 0. The monoisotopic (exact) mass is 373 g/mol. The lowest BCUT2D eigenvalue weighted by Gasteiger charge is -2.26. The number of carbonyl (C=O) groups excluding carboxylic acids is 1. The number of nitrogens with zero attached hydrogens (tertiary/aromatic N) is 1. The van der Waals surface area contributed by atoms with Crippen LogP contribution in [-0.4, -0.2) is 30.6 Å². The van der Waals surface area contributed by atoms with Crippen molar-refractivity contribution in [3.8, 4) is 11.5 Å². The number of hydrogen-bond acceptors (Lipinski definition) is 3. The van der Waals surface area contributed by atoms with E-state index in [0.29, 0.717) is 19.6 Å². The van der Waals surface area contributed by atoms with Gasteiger partial charge in [-0.1, -0.05) is 48.5 Å². The van der Waals surface area contributed by atoms with Crippen molar-refractivity contribution >= 4 is 16.7 Å². The zero-order valence-electron chi connectivity index (χ0n) is 15.8. The molecule has 0 saturated carbocycles. The lowest BCUT2D eigenvalue weighted by Crippen LogP contribution is -2.32. The lowest BCUT2D eigenvalue weighted by molar-refractivity contribution is -0.131. The van der Waals surface area contributed by atoms with Gasteiger partial charge < -0.3 is 14.4 Å². The van der Waals surface area contributed by atoms with Gasteiger partial charge in [-0.25, -0.2) is 0 Å². The predicted octanol–water partition coefficient (Wildman–Crippen LogP) is 4.52. The van der Waals surface area contributed by atoms with Gasteiger partial charge in [0.1, 0.15) is 13.2 Å². The summed E-state index contributed by atoms with van der Waals surface area (Å²) in [5, 5.41) is 2.47. The second kappa shape index (κ2) is 7.19. The molecule has 1 amide bonds. The van der Waals surface area contributed by atoms with Crippen LogP contribution in [0.4, 0.5) is 0 Å². The Morgan fingerprint density at radius 2 is 1.79 bits per heavy atom. The normalized spacial score (nSPS) is 18.4. The van der Waals surface area contributed by atoms with E-state index >= 15 is 0 Å². The first-order valence-corrected chi connectivity index (χ1v) is 9.95. The van der Waals surface area contributed by atoms with Gasteiger partial charge in [0, 0.05) is 6.54 Å². The molecule has 4 heteroatoms. The third kappa shape index (κ3) is 3.09. The largest absolute Gasteiger partial charge is 0.486 e. The molecule has 0 aliphatic carbocycles. The van der Waals surface area contributed by atoms with Gasteiger partial charge in [-0.2, -0.15) is 0 Å².